The van der Waals surface area contributed by atoms with Gasteiger partial charge in [0.1, 0.15) is 0 Å². The standard InChI is InChI=1S/C18H33/c1-13-8-7-11-14(2)17(12-13)18-15(3)9-5-6-10-16(18)4/h13-17H,5-12H2,1-4H3. The molecule has 5 atom stereocenters. The summed E-state index contributed by atoms with van der Waals surface area (Å²) < 4.78 is 0. The van der Waals surface area contributed by atoms with Gasteiger partial charge in [0.25, 0.3) is 0 Å². The van der Waals surface area contributed by atoms with E-state index in [-0.39, 0.29) is 0 Å². The lowest BCUT2D eigenvalue weighted by Crippen LogP contribution is -2.29. The number of hydrogen-bond donors (Lipinski definition) is 0. The maximum Gasteiger partial charge on any atom is -0.0151 e. The monoisotopic (exact) mass is 249 g/mol. The Morgan fingerprint density at radius 1 is 0.722 bits per heavy atom. The van der Waals surface area contributed by atoms with Gasteiger partial charge in [0.15, 0.2) is 0 Å². The van der Waals surface area contributed by atoms with Crippen molar-refractivity contribution in [3.63, 3.8) is 0 Å². The molecule has 0 aromatic carbocycles. The molecule has 0 N–H and O–H groups in total. The van der Waals surface area contributed by atoms with E-state index in [1.807, 2.05) is 5.92 Å². The van der Waals surface area contributed by atoms with Gasteiger partial charge >= 0.3 is 0 Å². The van der Waals surface area contributed by atoms with Crippen LogP contribution in [0.5, 0.6) is 0 Å². The van der Waals surface area contributed by atoms with Crippen LogP contribution >= 0.6 is 0 Å². The molecular formula is C18H33. The molecule has 0 heterocycles. The second kappa shape index (κ2) is 6.44. The van der Waals surface area contributed by atoms with Crippen LogP contribution in [0.4, 0.5) is 0 Å². The summed E-state index contributed by atoms with van der Waals surface area (Å²) in [4.78, 5) is 0. The average molecular weight is 249 g/mol. The first-order chi connectivity index (χ1) is 8.59. The second-order valence-electron chi connectivity index (χ2n) is 7.44. The predicted molar refractivity (Wildman–Crippen MR) is 80.3 cm³/mol. The topological polar surface area (TPSA) is 0 Å². The van der Waals surface area contributed by atoms with Crippen LogP contribution in [0.15, 0.2) is 0 Å². The van der Waals surface area contributed by atoms with E-state index in [9.17, 15) is 0 Å². The first kappa shape index (κ1) is 14.4. The summed E-state index contributed by atoms with van der Waals surface area (Å²) in [6.45, 7) is 10.0. The molecule has 0 saturated heterocycles. The van der Waals surface area contributed by atoms with Crippen molar-refractivity contribution in [2.75, 3.05) is 0 Å². The van der Waals surface area contributed by atoms with E-state index < -0.39 is 0 Å². The lowest BCUT2D eigenvalue weighted by Gasteiger charge is -2.38. The third-order valence-corrected chi connectivity index (χ3v) is 5.79. The van der Waals surface area contributed by atoms with Crippen molar-refractivity contribution in [1.82, 2.24) is 0 Å². The zero-order valence-electron chi connectivity index (χ0n) is 13.0. The summed E-state index contributed by atoms with van der Waals surface area (Å²) in [6, 6.07) is 0. The molecule has 0 bridgehead atoms. The summed E-state index contributed by atoms with van der Waals surface area (Å²) in [6.07, 6.45) is 11.7. The maximum atomic E-state index is 2.53. The van der Waals surface area contributed by atoms with Crippen molar-refractivity contribution < 1.29 is 0 Å². The fourth-order valence-corrected chi connectivity index (χ4v) is 4.69. The van der Waals surface area contributed by atoms with Crippen LogP contribution in [0.1, 0.15) is 79.1 Å². The Balaban J connectivity index is 2.13. The van der Waals surface area contributed by atoms with Crippen LogP contribution in [0.25, 0.3) is 0 Å². The van der Waals surface area contributed by atoms with Crippen molar-refractivity contribution in [1.29, 1.82) is 0 Å². The smallest absolute Gasteiger partial charge is 0.0151 e. The van der Waals surface area contributed by atoms with Gasteiger partial charge in [0, 0.05) is 0 Å². The third-order valence-electron chi connectivity index (χ3n) is 5.79. The molecule has 0 aromatic rings. The molecule has 2 rings (SSSR count). The van der Waals surface area contributed by atoms with Gasteiger partial charge in [0.05, 0.1) is 0 Å². The van der Waals surface area contributed by atoms with E-state index in [2.05, 4.69) is 27.7 Å². The molecule has 0 aliphatic heterocycles. The molecule has 0 spiro atoms. The van der Waals surface area contributed by atoms with Gasteiger partial charge in [-0.15, -0.1) is 0 Å². The molecule has 0 amide bonds. The normalized spacial score (nSPS) is 44.3. The summed E-state index contributed by atoms with van der Waals surface area (Å²) in [5.41, 5.74) is 0. The maximum absolute atomic E-state index is 2.53. The molecule has 5 unspecified atom stereocenters. The molecular weight excluding hydrogens is 216 g/mol. The van der Waals surface area contributed by atoms with Crippen LogP contribution < -0.4 is 0 Å². The van der Waals surface area contributed by atoms with E-state index in [1.54, 1.807) is 0 Å². The van der Waals surface area contributed by atoms with Gasteiger partial charge in [-0.25, -0.2) is 0 Å². The Labute approximate surface area is 115 Å². The van der Waals surface area contributed by atoms with Crippen molar-refractivity contribution in [3.8, 4) is 0 Å². The van der Waals surface area contributed by atoms with E-state index in [0.717, 1.165) is 29.6 Å². The van der Waals surface area contributed by atoms with E-state index in [4.69, 9.17) is 0 Å². The third kappa shape index (κ3) is 3.31. The fourth-order valence-electron chi connectivity index (χ4n) is 4.69. The Bertz CT molecular complexity index is 232. The molecule has 0 heteroatoms. The fraction of sp³-hybridized carbons (Fsp3) is 0.944. The Hall–Kier alpha value is 0. The summed E-state index contributed by atoms with van der Waals surface area (Å²) >= 11 is 0. The Morgan fingerprint density at radius 3 is 1.94 bits per heavy atom. The highest BCUT2D eigenvalue weighted by atomic mass is 14.4. The zero-order chi connectivity index (χ0) is 13.1. The predicted octanol–water partition coefficient (Wildman–Crippen LogP) is 5.87. The van der Waals surface area contributed by atoms with Gasteiger partial charge in [-0.3, -0.25) is 0 Å². The second-order valence-corrected chi connectivity index (χ2v) is 7.44. The number of hydrogen-bond acceptors (Lipinski definition) is 0. The molecule has 1 radical (unpaired) electrons. The lowest BCUT2D eigenvalue weighted by molar-refractivity contribution is 0.249. The van der Waals surface area contributed by atoms with Gasteiger partial charge < -0.3 is 0 Å². The highest BCUT2D eigenvalue weighted by molar-refractivity contribution is 5.07. The minimum Gasteiger partial charge on any atom is -0.0625 e. The Morgan fingerprint density at radius 2 is 1.33 bits per heavy atom. The van der Waals surface area contributed by atoms with Crippen LogP contribution in [-0.4, -0.2) is 0 Å². The van der Waals surface area contributed by atoms with Gasteiger partial charge in [-0.2, -0.15) is 0 Å². The van der Waals surface area contributed by atoms with Crippen LogP contribution in [0, 0.1) is 35.5 Å². The van der Waals surface area contributed by atoms with Crippen molar-refractivity contribution >= 4 is 0 Å². The highest BCUT2D eigenvalue weighted by Crippen LogP contribution is 2.47. The SMILES string of the molecule is CC1CCCC(C)C([C]2C(C)CCCCC2C)C1. The summed E-state index contributed by atoms with van der Waals surface area (Å²) in [5, 5.41) is 0. The molecule has 2 saturated carbocycles. The van der Waals surface area contributed by atoms with Crippen LogP contribution in [0.2, 0.25) is 0 Å². The van der Waals surface area contributed by atoms with Crippen LogP contribution in [-0.2, 0) is 0 Å². The molecule has 2 aliphatic carbocycles. The number of rotatable bonds is 1. The molecule has 18 heavy (non-hydrogen) atoms. The van der Waals surface area contributed by atoms with Gasteiger partial charge in [0.2, 0.25) is 0 Å². The zero-order valence-corrected chi connectivity index (χ0v) is 13.0. The molecule has 2 aliphatic rings. The first-order valence-electron chi connectivity index (χ1n) is 8.46. The van der Waals surface area contributed by atoms with Gasteiger partial charge in [-0.05, 0) is 41.9 Å². The van der Waals surface area contributed by atoms with E-state index in [0.29, 0.717) is 0 Å². The average Bonchev–Trinajstić information content (AvgIpc) is 2.57. The van der Waals surface area contributed by atoms with Crippen molar-refractivity contribution in [3.05, 3.63) is 5.92 Å². The van der Waals surface area contributed by atoms with Crippen molar-refractivity contribution in [2.45, 2.75) is 79.1 Å². The lowest BCUT2D eigenvalue weighted by atomic mass is 9.67. The van der Waals surface area contributed by atoms with Gasteiger partial charge in [-0.1, -0.05) is 72.6 Å². The van der Waals surface area contributed by atoms with Crippen LogP contribution in [0.3, 0.4) is 0 Å². The quantitative estimate of drug-likeness (QED) is 0.510. The molecule has 0 nitrogen and oxygen atoms in total. The Kier molecular flexibility index (Phi) is 5.15. The first-order valence-corrected chi connectivity index (χ1v) is 8.46. The molecule has 105 valence electrons. The van der Waals surface area contributed by atoms with E-state index >= 15 is 0 Å². The molecule has 0 aromatic heterocycles. The summed E-state index contributed by atoms with van der Waals surface area (Å²) in [5.74, 6) is 6.57. The summed E-state index contributed by atoms with van der Waals surface area (Å²) in [7, 11) is 0. The molecule has 2 fully saturated rings. The van der Waals surface area contributed by atoms with E-state index in [1.165, 1.54) is 51.4 Å². The minimum absolute atomic E-state index is 0.889. The highest BCUT2D eigenvalue weighted by Gasteiger charge is 2.37. The largest absolute Gasteiger partial charge is 0.0625 e. The minimum atomic E-state index is 0.889. The van der Waals surface area contributed by atoms with Crippen molar-refractivity contribution in [2.24, 2.45) is 29.6 Å².